The van der Waals surface area contributed by atoms with Crippen LogP contribution in [0.1, 0.15) is 15.9 Å². The second kappa shape index (κ2) is 8.39. The van der Waals surface area contributed by atoms with E-state index in [-0.39, 0.29) is 5.75 Å². The molecule has 2 N–H and O–H groups in total. The minimum absolute atomic E-state index is 0.0771. The molecule has 2 aromatic carbocycles. The van der Waals surface area contributed by atoms with Gasteiger partial charge in [0.2, 0.25) is 0 Å². The summed E-state index contributed by atoms with van der Waals surface area (Å²) in [6.07, 6.45) is 1.32. The minimum atomic E-state index is -0.449. The Morgan fingerprint density at radius 3 is 2.28 bits per heavy atom. The van der Waals surface area contributed by atoms with Gasteiger partial charge in [0, 0.05) is 21.7 Å². The zero-order valence-electron chi connectivity index (χ0n) is 13.9. The third-order valence-electron chi connectivity index (χ3n) is 3.27. The number of nitrogens with zero attached hydrogens (tertiary/aromatic N) is 1. The Balaban J connectivity index is 2.17. The van der Waals surface area contributed by atoms with Crippen molar-refractivity contribution in [1.29, 1.82) is 0 Å². The van der Waals surface area contributed by atoms with Crippen LogP contribution in [0.15, 0.2) is 39.9 Å². The molecule has 2 rings (SSSR count). The maximum Gasteiger partial charge on any atom is 0.271 e. The van der Waals surface area contributed by atoms with Crippen molar-refractivity contribution in [2.24, 2.45) is 5.10 Å². The molecule has 8 heteroatoms. The number of hydrogen-bond donors (Lipinski definition) is 2. The van der Waals surface area contributed by atoms with Crippen LogP contribution in [0.3, 0.4) is 0 Å². The highest BCUT2D eigenvalue weighted by Gasteiger charge is 2.10. The second-order valence-electron chi connectivity index (χ2n) is 4.85. The van der Waals surface area contributed by atoms with E-state index in [0.717, 1.165) is 0 Å². The van der Waals surface area contributed by atoms with Gasteiger partial charge in [0.05, 0.1) is 27.5 Å². The highest BCUT2D eigenvalue weighted by molar-refractivity contribution is 9.10. The molecule has 25 heavy (non-hydrogen) atoms. The smallest absolute Gasteiger partial charge is 0.271 e. The van der Waals surface area contributed by atoms with Gasteiger partial charge in [-0.3, -0.25) is 4.79 Å². The number of methoxy groups -OCH3 is 3. The number of hydrazone groups is 1. The summed E-state index contributed by atoms with van der Waals surface area (Å²) in [5, 5.41) is 13.9. The molecule has 132 valence electrons. The van der Waals surface area contributed by atoms with Crippen molar-refractivity contribution in [1.82, 2.24) is 5.43 Å². The molecule has 0 radical (unpaired) electrons. The van der Waals surface area contributed by atoms with Gasteiger partial charge in [-0.1, -0.05) is 15.9 Å². The van der Waals surface area contributed by atoms with Crippen LogP contribution < -0.4 is 19.6 Å². The lowest BCUT2D eigenvalue weighted by molar-refractivity contribution is 0.0954. The molecule has 0 aliphatic rings. The molecule has 0 heterocycles. The lowest BCUT2D eigenvalue weighted by atomic mass is 10.2. The molecular formula is C17H17BrN2O5. The predicted octanol–water partition coefficient (Wildman–Crippen LogP) is 2.94. The lowest BCUT2D eigenvalue weighted by Gasteiger charge is -2.08. The van der Waals surface area contributed by atoms with Crippen LogP contribution in [0.2, 0.25) is 0 Å². The molecule has 0 spiro atoms. The fourth-order valence-electron chi connectivity index (χ4n) is 2.01. The molecule has 0 fully saturated rings. The maximum absolute atomic E-state index is 12.2. The van der Waals surface area contributed by atoms with Crippen molar-refractivity contribution in [3.05, 3.63) is 45.9 Å². The number of rotatable bonds is 6. The van der Waals surface area contributed by atoms with E-state index < -0.39 is 5.91 Å². The number of ether oxygens (including phenoxy) is 3. The number of amides is 1. The molecule has 0 unspecified atom stereocenters. The molecule has 0 bridgehead atoms. The van der Waals surface area contributed by atoms with E-state index in [2.05, 4.69) is 26.5 Å². The van der Waals surface area contributed by atoms with Crippen molar-refractivity contribution in [2.45, 2.75) is 0 Å². The van der Waals surface area contributed by atoms with Crippen LogP contribution in [0.5, 0.6) is 23.0 Å². The van der Waals surface area contributed by atoms with Crippen LogP contribution >= 0.6 is 15.9 Å². The summed E-state index contributed by atoms with van der Waals surface area (Å²) in [6, 6.07) is 8.04. The summed E-state index contributed by atoms with van der Waals surface area (Å²) >= 11 is 3.31. The third kappa shape index (κ3) is 4.63. The molecule has 0 saturated carbocycles. The van der Waals surface area contributed by atoms with Gasteiger partial charge in [-0.15, -0.1) is 0 Å². The van der Waals surface area contributed by atoms with E-state index >= 15 is 0 Å². The zero-order chi connectivity index (χ0) is 18.4. The standard InChI is InChI=1S/C17H17BrN2O5/c1-23-13-5-10(6-14(8-13)24-2)17(22)20-19-9-11-4-12(18)7-15(25-3)16(11)21/h4-9,21H,1-3H3,(H,20,22)/b19-9+. The van der Waals surface area contributed by atoms with Crippen molar-refractivity contribution >= 4 is 28.1 Å². The Kier molecular flexibility index (Phi) is 6.24. The summed E-state index contributed by atoms with van der Waals surface area (Å²) in [4.78, 5) is 12.2. The third-order valence-corrected chi connectivity index (χ3v) is 3.73. The number of carbonyl (C=O) groups is 1. The van der Waals surface area contributed by atoms with Crippen molar-refractivity contribution in [3.8, 4) is 23.0 Å². The fourth-order valence-corrected chi connectivity index (χ4v) is 2.47. The van der Waals surface area contributed by atoms with Crippen LogP contribution in [0.4, 0.5) is 0 Å². The lowest BCUT2D eigenvalue weighted by Crippen LogP contribution is -2.17. The molecular weight excluding hydrogens is 392 g/mol. The SMILES string of the molecule is COc1cc(OC)cc(C(=O)N/N=C/c2cc(Br)cc(OC)c2O)c1. The van der Waals surface area contributed by atoms with Crippen molar-refractivity contribution in [2.75, 3.05) is 21.3 Å². The first-order chi connectivity index (χ1) is 12.0. The Hall–Kier alpha value is -2.74. The number of carbonyl (C=O) groups excluding carboxylic acids is 1. The van der Waals surface area contributed by atoms with E-state index in [1.165, 1.54) is 27.5 Å². The Bertz CT molecular complexity index is 786. The number of phenols is 1. The first-order valence-corrected chi connectivity index (χ1v) is 7.90. The van der Waals surface area contributed by atoms with Crippen LogP contribution in [0, 0.1) is 0 Å². The summed E-state index contributed by atoms with van der Waals surface area (Å²) in [6.45, 7) is 0. The van der Waals surface area contributed by atoms with Crippen molar-refractivity contribution < 1.29 is 24.1 Å². The number of phenolic OH excluding ortho intramolecular Hbond substituents is 1. The highest BCUT2D eigenvalue weighted by Crippen LogP contribution is 2.32. The van der Waals surface area contributed by atoms with Crippen LogP contribution in [-0.2, 0) is 0 Å². The van der Waals surface area contributed by atoms with Gasteiger partial charge in [0.25, 0.3) is 5.91 Å². The molecule has 2 aromatic rings. The number of halogens is 1. The Labute approximate surface area is 153 Å². The summed E-state index contributed by atoms with van der Waals surface area (Å²) < 4.78 is 16.0. The highest BCUT2D eigenvalue weighted by atomic mass is 79.9. The van der Waals surface area contributed by atoms with E-state index in [9.17, 15) is 9.90 Å². The number of aromatic hydroxyl groups is 1. The summed E-state index contributed by atoms with van der Waals surface area (Å²) in [7, 11) is 4.44. The largest absolute Gasteiger partial charge is 0.504 e. The second-order valence-corrected chi connectivity index (χ2v) is 5.76. The number of nitrogens with one attached hydrogen (secondary N) is 1. The average molecular weight is 409 g/mol. The zero-order valence-corrected chi connectivity index (χ0v) is 15.5. The minimum Gasteiger partial charge on any atom is -0.504 e. The van der Waals surface area contributed by atoms with E-state index in [0.29, 0.717) is 32.8 Å². The van der Waals surface area contributed by atoms with E-state index in [1.807, 2.05) is 0 Å². The fraction of sp³-hybridized carbons (Fsp3) is 0.176. The maximum atomic E-state index is 12.2. The molecule has 0 atom stereocenters. The van der Waals surface area contributed by atoms with Crippen LogP contribution in [-0.4, -0.2) is 38.6 Å². The molecule has 0 aliphatic carbocycles. The summed E-state index contributed by atoms with van der Waals surface area (Å²) in [5.41, 5.74) is 3.09. The first-order valence-electron chi connectivity index (χ1n) is 7.11. The van der Waals surface area contributed by atoms with E-state index in [4.69, 9.17) is 14.2 Å². The molecule has 0 saturated heterocycles. The first kappa shape index (κ1) is 18.6. The van der Waals surface area contributed by atoms with Crippen LogP contribution in [0.25, 0.3) is 0 Å². The van der Waals surface area contributed by atoms with Gasteiger partial charge in [0.15, 0.2) is 11.5 Å². The number of benzene rings is 2. The molecule has 0 aliphatic heterocycles. The predicted molar refractivity (Wildman–Crippen MR) is 97.0 cm³/mol. The normalized spacial score (nSPS) is 10.6. The quantitative estimate of drug-likeness (QED) is 0.566. The van der Waals surface area contributed by atoms with Gasteiger partial charge < -0.3 is 19.3 Å². The van der Waals surface area contributed by atoms with Gasteiger partial charge in [-0.05, 0) is 24.3 Å². The number of hydrogen-bond acceptors (Lipinski definition) is 6. The van der Waals surface area contributed by atoms with Gasteiger partial charge >= 0.3 is 0 Å². The van der Waals surface area contributed by atoms with E-state index in [1.54, 1.807) is 30.3 Å². The van der Waals surface area contributed by atoms with Gasteiger partial charge in [-0.2, -0.15) is 5.10 Å². The summed E-state index contributed by atoms with van der Waals surface area (Å²) in [5.74, 6) is 0.743. The average Bonchev–Trinajstić information content (AvgIpc) is 2.63. The van der Waals surface area contributed by atoms with Gasteiger partial charge in [0.1, 0.15) is 11.5 Å². The molecule has 1 amide bonds. The Morgan fingerprint density at radius 1 is 1.08 bits per heavy atom. The Morgan fingerprint density at radius 2 is 1.72 bits per heavy atom. The molecule has 7 nitrogen and oxygen atoms in total. The van der Waals surface area contributed by atoms with Gasteiger partial charge in [-0.25, -0.2) is 5.43 Å². The monoisotopic (exact) mass is 408 g/mol. The van der Waals surface area contributed by atoms with Crippen molar-refractivity contribution in [3.63, 3.8) is 0 Å². The molecule has 0 aromatic heterocycles. The topological polar surface area (TPSA) is 89.4 Å².